The summed E-state index contributed by atoms with van der Waals surface area (Å²) < 4.78 is 0. The van der Waals surface area contributed by atoms with Gasteiger partial charge in [-0.15, -0.1) is 0 Å². The molecule has 0 bridgehead atoms. The van der Waals surface area contributed by atoms with Gasteiger partial charge in [0.25, 0.3) is 0 Å². The van der Waals surface area contributed by atoms with Gasteiger partial charge in [-0.2, -0.15) is 0 Å². The molecule has 0 aromatic heterocycles. The molecule has 36 valence electrons. The van der Waals surface area contributed by atoms with Crippen LogP contribution in [0.3, 0.4) is 0 Å². The topological polar surface area (TPSA) is 3.24 Å². The highest BCUT2D eigenvalue weighted by Gasteiger charge is 2.09. The molecule has 0 aliphatic carbocycles. The fourth-order valence-corrected chi connectivity index (χ4v) is 1.00. The van der Waals surface area contributed by atoms with Gasteiger partial charge in [-0.1, -0.05) is 15.9 Å². The summed E-state index contributed by atoms with van der Waals surface area (Å²) in [6.07, 6.45) is 1.39. The van der Waals surface area contributed by atoms with Gasteiger partial charge in [0.1, 0.15) is 0 Å². The van der Waals surface area contributed by atoms with E-state index in [1.165, 1.54) is 19.5 Å². The fourth-order valence-electron chi connectivity index (χ4n) is 0.501. The molecule has 0 aromatic carbocycles. The van der Waals surface area contributed by atoms with Gasteiger partial charge in [0, 0.05) is 13.1 Å². The molecule has 1 aliphatic heterocycles. The van der Waals surface area contributed by atoms with Crippen LogP contribution in [-0.4, -0.2) is 23.4 Å². The molecule has 1 saturated heterocycles. The molecule has 1 rings (SSSR count). The molecule has 0 radical (unpaired) electrons. The first-order chi connectivity index (χ1) is 2.93. The molecule has 0 saturated carbocycles. The molecule has 2 heteroatoms. The second-order valence-corrected chi connectivity index (χ2v) is 2.09. The number of halogens is 1. The van der Waals surface area contributed by atoms with Gasteiger partial charge >= 0.3 is 0 Å². The molecule has 0 aromatic rings. The molecule has 6 heavy (non-hydrogen) atoms. The van der Waals surface area contributed by atoms with Crippen molar-refractivity contribution >= 4 is 15.9 Å². The summed E-state index contributed by atoms with van der Waals surface area (Å²) in [6, 6.07) is 0. The lowest BCUT2D eigenvalue weighted by molar-refractivity contribution is 0.220. The number of rotatable bonds is 1. The van der Waals surface area contributed by atoms with E-state index in [1.807, 2.05) is 0 Å². The van der Waals surface area contributed by atoms with Crippen LogP contribution in [0.4, 0.5) is 0 Å². The van der Waals surface area contributed by atoms with E-state index in [2.05, 4.69) is 20.8 Å². The lowest BCUT2D eigenvalue weighted by Gasteiger charge is -2.27. The van der Waals surface area contributed by atoms with E-state index < -0.39 is 0 Å². The average molecular weight is 150 g/mol. The summed E-state index contributed by atoms with van der Waals surface area (Å²) in [5, 5.41) is 0. The van der Waals surface area contributed by atoms with Crippen molar-refractivity contribution in [2.24, 2.45) is 0 Å². The number of hydrogen-bond acceptors (Lipinski definition) is 1. The van der Waals surface area contributed by atoms with E-state index in [-0.39, 0.29) is 0 Å². The summed E-state index contributed by atoms with van der Waals surface area (Å²) in [7, 11) is 0. The lowest BCUT2D eigenvalue weighted by atomic mass is 10.2. The Hall–Kier alpha value is 0.440. The molecule has 0 spiro atoms. The molecule has 0 N–H and O–H groups in total. The van der Waals surface area contributed by atoms with Crippen LogP contribution >= 0.6 is 15.9 Å². The van der Waals surface area contributed by atoms with Crippen molar-refractivity contribution in [2.45, 2.75) is 6.42 Å². The van der Waals surface area contributed by atoms with Crippen LogP contribution in [0.15, 0.2) is 0 Å². The monoisotopic (exact) mass is 149 g/mol. The summed E-state index contributed by atoms with van der Waals surface area (Å²) >= 11 is 3.35. The number of likely N-dealkylation sites (tertiary alicyclic amines) is 1. The first kappa shape index (κ1) is 4.60. The Bertz CT molecular complexity index is 40.1. The Morgan fingerprint density at radius 1 is 1.50 bits per heavy atom. The minimum atomic E-state index is 1.06. The van der Waals surface area contributed by atoms with Gasteiger partial charge in [-0.25, -0.2) is 0 Å². The first-order valence-corrected chi connectivity index (χ1v) is 3.34. The predicted molar refractivity (Wildman–Crippen MR) is 30.0 cm³/mol. The second-order valence-electron chi connectivity index (χ2n) is 1.59. The maximum absolute atomic E-state index is 3.35. The highest BCUT2D eigenvalue weighted by Crippen LogP contribution is 2.05. The summed E-state index contributed by atoms with van der Waals surface area (Å²) in [6.45, 7) is 2.59. The Morgan fingerprint density at radius 2 is 2.17 bits per heavy atom. The average Bonchev–Trinajstić information content (AvgIpc) is 1.31. The summed E-state index contributed by atoms with van der Waals surface area (Å²) in [5.74, 6) is 0. The largest absolute Gasteiger partial charge is 0.293 e. The SMILES string of the molecule is BrCN1CCC1. The molecule has 1 fully saturated rings. The van der Waals surface area contributed by atoms with Crippen LogP contribution in [-0.2, 0) is 0 Å². The number of alkyl halides is 1. The van der Waals surface area contributed by atoms with Gasteiger partial charge in [-0.3, -0.25) is 4.90 Å². The Balaban J connectivity index is 2.01. The van der Waals surface area contributed by atoms with Crippen molar-refractivity contribution in [3.8, 4) is 0 Å². The molecule has 1 heterocycles. The van der Waals surface area contributed by atoms with Gasteiger partial charge in [0.15, 0.2) is 0 Å². The van der Waals surface area contributed by atoms with Gasteiger partial charge in [0.2, 0.25) is 0 Å². The third-order valence-corrected chi connectivity index (χ3v) is 1.83. The van der Waals surface area contributed by atoms with Gasteiger partial charge in [-0.05, 0) is 6.42 Å². The predicted octanol–water partition coefficient (Wildman–Crippen LogP) is 1.04. The molecule has 0 amide bonds. The van der Waals surface area contributed by atoms with Crippen LogP contribution in [0.2, 0.25) is 0 Å². The van der Waals surface area contributed by atoms with Crippen molar-refractivity contribution in [3.63, 3.8) is 0 Å². The van der Waals surface area contributed by atoms with Crippen molar-refractivity contribution in [1.29, 1.82) is 0 Å². The standard InChI is InChI=1S/C4H8BrN/c5-4-6-2-1-3-6/h1-4H2. The first-order valence-electron chi connectivity index (χ1n) is 2.22. The fraction of sp³-hybridized carbons (Fsp3) is 1.00. The molecule has 0 unspecified atom stereocenters. The Labute approximate surface area is 46.5 Å². The van der Waals surface area contributed by atoms with E-state index in [0.717, 1.165) is 5.45 Å². The van der Waals surface area contributed by atoms with E-state index in [0.29, 0.717) is 0 Å². The van der Waals surface area contributed by atoms with E-state index >= 15 is 0 Å². The normalized spacial score (nSPS) is 23.5. The number of hydrogen-bond donors (Lipinski definition) is 0. The highest BCUT2D eigenvalue weighted by molar-refractivity contribution is 9.09. The molecule has 0 atom stereocenters. The smallest absolute Gasteiger partial charge is 0.0542 e. The van der Waals surface area contributed by atoms with Crippen LogP contribution in [0.1, 0.15) is 6.42 Å². The van der Waals surface area contributed by atoms with Crippen LogP contribution < -0.4 is 0 Å². The zero-order chi connectivity index (χ0) is 4.41. The van der Waals surface area contributed by atoms with E-state index in [9.17, 15) is 0 Å². The highest BCUT2D eigenvalue weighted by atomic mass is 79.9. The Morgan fingerprint density at radius 3 is 2.17 bits per heavy atom. The van der Waals surface area contributed by atoms with E-state index in [4.69, 9.17) is 0 Å². The minimum absolute atomic E-state index is 1.06. The molecule has 1 nitrogen and oxygen atoms in total. The molecular formula is C4H8BrN. The lowest BCUT2D eigenvalue weighted by Crippen LogP contribution is -2.35. The summed E-state index contributed by atoms with van der Waals surface area (Å²) in [4.78, 5) is 2.35. The van der Waals surface area contributed by atoms with Crippen LogP contribution in [0.5, 0.6) is 0 Å². The van der Waals surface area contributed by atoms with Crippen LogP contribution in [0, 0.1) is 0 Å². The second kappa shape index (κ2) is 1.94. The molecule has 1 aliphatic rings. The third kappa shape index (κ3) is 0.738. The third-order valence-electron chi connectivity index (χ3n) is 1.12. The zero-order valence-corrected chi connectivity index (χ0v) is 5.24. The quantitative estimate of drug-likeness (QED) is 0.398. The number of nitrogens with zero attached hydrogens (tertiary/aromatic N) is 1. The maximum atomic E-state index is 3.35. The van der Waals surface area contributed by atoms with Gasteiger partial charge < -0.3 is 0 Å². The van der Waals surface area contributed by atoms with Crippen LogP contribution in [0.25, 0.3) is 0 Å². The molecular weight excluding hydrogens is 142 g/mol. The van der Waals surface area contributed by atoms with E-state index in [1.54, 1.807) is 0 Å². The minimum Gasteiger partial charge on any atom is -0.293 e. The van der Waals surface area contributed by atoms with Crippen molar-refractivity contribution in [2.75, 3.05) is 18.5 Å². The maximum Gasteiger partial charge on any atom is 0.0542 e. The van der Waals surface area contributed by atoms with Crippen molar-refractivity contribution in [3.05, 3.63) is 0 Å². The van der Waals surface area contributed by atoms with Crippen molar-refractivity contribution < 1.29 is 0 Å². The zero-order valence-electron chi connectivity index (χ0n) is 3.65. The van der Waals surface area contributed by atoms with Gasteiger partial charge in [0.05, 0.1) is 5.45 Å². The van der Waals surface area contributed by atoms with Crippen molar-refractivity contribution in [1.82, 2.24) is 4.90 Å². The Kier molecular flexibility index (Phi) is 1.48. The summed E-state index contributed by atoms with van der Waals surface area (Å²) in [5.41, 5.74) is 1.06.